The largest absolute Gasteiger partial charge is 0.384 e. The fraction of sp³-hybridized carbons (Fsp3) is 0.250. The number of aromatic nitrogens is 2. The SMILES string of the molecule is Cc1cc(C(=O)Nc2c(C)n[nH]c2C)ccc1C#CCO. The normalized spacial score (nSPS) is 9.90. The zero-order valence-corrected chi connectivity index (χ0v) is 12.2. The van der Waals surface area contributed by atoms with Crippen molar-refractivity contribution in [3.05, 3.63) is 46.3 Å². The maximum absolute atomic E-state index is 12.3. The van der Waals surface area contributed by atoms with Crippen LogP contribution in [0.25, 0.3) is 0 Å². The number of anilines is 1. The monoisotopic (exact) mass is 283 g/mol. The number of aromatic amines is 1. The lowest BCUT2D eigenvalue weighted by Crippen LogP contribution is -2.13. The quantitative estimate of drug-likeness (QED) is 0.737. The first kappa shape index (κ1) is 14.8. The highest BCUT2D eigenvalue weighted by Crippen LogP contribution is 2.18. The van der Waals surface area contributed by atoms with Crippen LogP contribution in [0.3, 0.4) is 0 Å². The maximum atomic E-state index is 12.3. The summed E-state index contributed by atoms with van der Waals surface area (Å²) in [5.74, 6) is 5.26. The predicted octanol–water partition coefficient (Wildman–Crippen LogP) is 1.93. The molecular weight excluding hydrogens is 266 g/mol. The molecule has 0 unspecified atom stereocenters. The van der Waals surface area contributed by atoms with Crippen LogP contribution >= 0.6 is 0 Å². The molecule has 0 bridgehead atoms. The number of aryl methyl sites for hydroxylation is 3. The third kappa shape index (κ3) is 3.30. The second-order valence-corrected chi connectivity index (χ2v) is 4.75. The number of hydrogen-bond donors (Lipinski definition) is 3. The molecular formula is C16H17N3O2. The Labute approximate surface area is 123 Å². The van der Waals surface area contributed by atoms with E-state index >= 15 is 0 Å². The highest BCUT2D eigenvalue weighted by molar-refractivity contribution is 6.05. The zero-order chi connectivity index (χ0) is 15.4. The molecule has 3 N–H and O–H groups in total. The van der Waals surface area contributed by atoms with Crippen molar-refractivity contribution in [2.75, 3.05) is 11.9 Å². The second-order valence-electron chi connectivity index (χ2n) is 4.75. The molecule has 1 aromatic heterocycles. The Morgan fingerprint density at radius 3 is 2.71 bits per heavy atom. The molecule has 108 valence electrons. The summed E-state index contributed by atoms with van der Waals surface area (Å²) in [7, 11) is 0. The third-order valence-electron chi connectivity index (χ3n) is 3.16. The molecule has 5 nitrogen and oxygen atoms in total. The average molecular weight is 283 g/mol. The molecule has 0 aliphatic heterocycles. The molecule has 0 fully saturated rings. The second kappa shape index (κ2) is 6.25. The van der Waals surface area contributed by atoms with Crippen LogP contribution < -0.4 is 5.32 Å². The third-order valence-corrected chi connectivity index (χ3v) is 3.16. The Morgan fingerprint density at radius 2 is 2.14 bits per heavy atom. The molecule has 0 saturated heterocycles. The van der Waals surface area contributed by atoms with E-state index < -0.39 is 0 Å². The lowest BCUT2D eigenvalue weighted by atomic mass is 10.0. The Morgan fingerprint density at radius 1 is 1.38 bits per heavy atom. The Kier molecular flexibility index (Phi) is 4.41. The molecule has 21 heavy (non-hydrogen) atoms. The molecule has 1 aromatic carbocycles. The summed E-state index contributed by atoms with van der Waals surface area (Å²) < 4.78 is 0. The smallest absolute Gasteiger partial charge is 0.255 e. The number of aliphatic hydroxyl groups excluding tert-OH is 1. The van der Waals surface area contributed by atoms with E-state index in [1.165, 1.54) is 0 Å². The van der Waals surface area contributed by atoms with E-state index in [2.05, 4.69) is 27.4 Å². The van der Waals surface area contributed by atoms with Crippen LogP contribution in [0.15, 0.2) is 18.2 Å². The average Bonchev–Trinajstić information content (AvgIpc) is 2.77. The van der Waals surface area contributed by atoms with Crippen LogP contribution in [0, 0.1) is 32.6 Å². The number of amides is 1. The Bertz CT molecular complexity index is 716. The molecule has 0 aliphatic rings. The van der Waals surface area contributed by atoms with Gasteiger partial charge in [-0.2, -0.15) is 5.10 Å². The first-order valence-corrected chi connectivity index (χ1v) is 6.56. The number of nitrogens with zero attached hydrogens (tertiary/aromatic N) is 1. The summed E-state index contributed by atoms with van der Waals surface area (Å²) in [6.45, 7) is 5.39. The molecule has 0 radical (unpaired) electrons. The first-order valence-electron chi connectivity index (χ1n) is 6.56. The highest BCUT2D eigenvalue weighted by Gasteiger charge is 2.12. The summed E-state index contributed by atoms with van der Waals surface area (Å²) in [6.07, 6.45) is 0. The van der Waals surface area contributed by atoms with Crippen LogP contribution in [0.2, 0.25) is 0 Å². The van der Waals surface area contributed by atoms with E-state index in [4.69, 9.17) is 5.11 Å². The van der Waals surface area contributed by atoms with Crippen molar-refractivity contribution in [2.24, 2.45) is 0 Å². The number of benzene rings is 1. The zero-order valence-electron chi connectivity index (χ0n) is 12.2. The summed E-state index contributed by atoms with van der Waals surface area (Å²) >= 11 is 0. The molecule has 0 atom stereocenters. The van der Waals surface area contributed by atoms with Crippen molar-refractivity contribution in [2.45, 2.75) is 20.8 Å². The van der Waals surface area contributed by atoms with Gasteiger partial charge in [0.1, 0.15) is 6.61 Å². The molecule has 0 saturated carbocycles. The van der Waals surface area contributed by atoms with Gasteiger partial charge >= 0.3 is 0 Å². The molecule has 5 heteroatoms. The minimum atomic E-state index is -0.188. The molecule has 0 spiro atoms. The van der Waals surface area contributed by atoms with Gasteiger partial charge in [-0.15, -0.1) is 0 Å². The van der Waals surface area contributed by atoms with Crippen LogP contribution in [-0.4, -0.2) is 27.8 Å². The van der Waals surface area contributed by atoms with Crippen LogP contribution in [0.4, 0.5) is 5.69 Å². The van der Waals surface area contributed by atoms with Gasteiger partial charge in [-0.05, 0) is 44.5 Å². The summed E-state index contributed by atoms with van der Waals surface area (Å²) in [4.78, 5) is 12.3. The lowest BCUT2D eigenvalue weighted by molar-refractivity contribution is 0.102. The number of aliphatic hydroxyl groups is 1. The van der Waals surface area contributed by atoms with Crippen molar-refractivity contribution in [1.29, 1.82) is 0 Å². The predicted molar refractivity (Wildman–Crippen MR) is 81.2 cm³/mol. The van der Waals surface area contributed by atoms with Crippen molar-refractivity contribution in [3.63, 3.8) is 0 Å². The summed E-state index contributed by atoms with van der Waals surface area (Å²) in [6, 6.07) is 5.28. The van der Waals surface area contributed by atoms with Gasteiger partial charge < -0.3 is 10.4 Å². The van der Waals surface area contributed by atoms with Gasteiger partial charge in [0.05, 0.1) is 17.1 Å². The summed E-state index contributed by atoms with van der Waals surface area (Å²) in [5.41, 5.74) is 4.54. The van der Waals surface area contributed by atoms with Crippen molar-refractivity contribution >= 4 is 11.6 Å². The minimum Gasteiger partial charge on any atom is -0.384 e. The number of rotatable bonds is 2. The van der Waals surface area contributed by atoms with Crippen molar-refractivity contribution < 1.29 is 9.90 Å². The Balaban J connectivity index is 2.22. The topological polar surface area (TPSA) is 78.0 Å². The minimum absolute atomic E-state index is 0.180. The highest BCUT2D eigenvalue weighted by atomic mass is 16.2. The number of nitrogens with one attached hydrogen (secondary N) is 2. The van der Waals surface area contributed by atoms with Gasteiger partial charge in [0, 0.05) is 11.1 Å². The fourth-order valence-corrected chi connectivity index (χ4v) is 2.00. The number of carbonyl (C=O) groups excluding carboxylic acids is 1. The molecule has 1 amide bonds. The van der Waals surface area contributed by atoms with E-state index in [1.807, 2.05) is 20.8 Å². The summed E-state index contributed by atoms with van der Waals surface area (Å²) in [5, 5.41) is 18.4. The van der Waals surface area contributed by atoms with E-state index in [0.717, 1.165) is 22.5 Å². The van der Waals surface area contributed by atoms with Gasteiger partial charge in [-0.1, -0.05) is 11.8 Å². The molecule has 1 heterocycles. The molecule has 2 aromatic rings. The van der Waals surface area contributed by atoms with Crippen molar-refractivity contribution in [1.82, 2.24) is 10.2 Å². The van der Waals surface area contributed by atoms with E-state index in [-0.39, 0.29) is 12.5 Å². The van der Waals surface area contributed by atoms with E-state index in [9.17, 15) is 4.79 Å². The lowest BCUT2D eigenvalue weighted by Gasteiger charge is -2.07. The van der Waals surface area contributed by atoms with Crippen molar-refractivity contribution in [3.8, 4) is 11.8 Å². The van der Waals surface area contributed by atoms with Crippen LogP contribution in [-0.2, 0) is 0 Å². The molecule has 2 rings (SSSR count). The van der Waals surface area contributed by atoms with Crippen LogP contribution in [0.5, 0.6) is 0 Å². The number of carbonyl (C=O) groups is 1. The van der Waals surface area contributed by atoms with Gasteiger partial charge in [0.25, 0.3) is 5.91 Å². The molecule has 0 aliphatic carbocycles. The fourth-order valence-electron chi connectivity index (χ4n) is 2.00. The standard InChI is InChI=1S/C16H17N3O2/c1-10-9-14(7-6-13(10)5-4-8-20)16(21)17-15-11(2)18-19-12(15)3/h6-7,9,20H,8H2,1-3H3,(H,17,21)(H,18,19). The van der Waals surface area contributed by atoms with Crippen LogP contribution in [0.1, 0.15) is 32.9 Å². The van der Waals surface area contributed by atoms with E-state index in [1.54, 1.807) is 18.2 Å². The first-order chi connectivity index (χ1) is 10.0. The van der Waals surface area contributed by atoms with Gasteiger partial charge in [0.15, 0.2) is 0 Å². The van der Waals surface area contributed by atoms with Gasteiger partial charge in [-0.25, -0.2) is 0 Å². The Hall–Kier alpha value is -2.58. The number of H-pyrrole nitrogens is 1. The van der Waals surface area contributed by atoms with Gasteiger partial charge in [-0.3, -0.25) is 9.89 Å². The van der Waals surface area contributed by atoms with E-state index in [0.29, 0.717) is 11.3 Å². The number of hydrogen-bond acceptors (Lipinski definition) is 3. The maximum Gasteiger partial charge on any atom is 0.255 e. The van der Waals surface area contributed by atoms with Gasteiger partial charge in [0.2, 0.25) is 0 Å².